The third kappa shape index (κ3) is 5.57. The van der Waals surface area contributed by atoms with E-state index >= 15 is 0 Å². The molecule has 0 saturated carbocycles. The second kappa shape index (κ2) is 9.37. The van der Waals surface area contributed by atoms with Gasteiger partial charge in [-0.25, -0.2) is 4.79 Å². The maximum atomic E-state index is 12.2. The van der Waals surface area contributed by atoms with Crippen molar-refractivity contribution in [3.05, 3.63) is 54.1 Å². The number of likely N-dealkylation sites (tertiary alicyclic amines) is 1. The maximum absolute atomic E-state index is 12.2. The van der Waals surface area contributed by atoms with E-state index in [-0.39, 0.29) is 17.9 Å². The van der Waals surface area contributed by atoms with E-state index in [0.717, 1.165) is 36.2 Å². The molecule has 1 unspecified atom stereocenters. The van der Waals surface area contributed by atoms with Crippen LogP contribution < -0.4 is 16.4 Å². The second-order valence-corrected chi connectivity index (χ2v) is 7.37. The fourth-order valence-corrected chi connectivity index (χ4v) is 3.59. The van der Waals surface area contributed by atoms with Crippen LogP contribution in [0.15, 0.2) is 48.5 Å². The fraction of sp³-hybridized carbons (Fsp3) is 0.364. The average Bonchev–Trinajstić information content (AvgIpc) is 2.68. The first-order chi connectivity index (χ1) is 13.5. The summed E-state index contributed by atoms with van der Waals surface area (Å²) in [6.07, 6.45) is 1.82. The molecule has 0 aliphatic carbocycles. The van der Waals surface area contributed by atoms with E-state index in [9.17, 15) is 9.59 Å². The van der Waals surface area contributed by atoms with Crippen LogP contribution in [0.25, 0.3) is 11.1 Å². The molecule has 1 heterocycles. The summed E-state index contributed by atoms with van der Waals surface area (Å²) in [5.74, 6) is -0.309. The van der Waals surface area contributed by atoms with E-state index in [4.69, 9.17) is 5.73 Å². The Bertz CT molecular complexity index is 837. The minimum Gasteiger partial charge on any atom is -0.369 e. The number of anilines is 1. The Balaban J connectivity index is 1.49. The number of primary amides is 1. The van der Waals surface area contributed by atoms with Crippen molar-refractivity contribution in [2.75, 3.05) is 31.5 Å². The zero-order chi connectivity index (χ0) is 19.9. The number of hydrogen-bond donors (Lipinski definition) is 3. The average molecular weight is 380 g/mol. The number of nitrogens with zero attached hydrogens (tertiary/aromatic N) is 1. The van der Waals surface area contributed by atoms with Gasteiger partial charge in [0.05, 0.1) is 5.92 Å². The molecule has 0 spiro atoms. The molecule has 0 aromatic heterocycles. The summed E-state index contributed by atoms with van der Waals surface area (Å²) in [6, 6.07) is 15.9. The van der Waals surface area contributed by atoms with E-state index in [1.807, 2.05) is 30.3 Å². The highest BCUT2D eigenvalue weighted by atomic mass is 16.2. The van der Waals surface area contributed by atoms with Crippen molar-refractivity contribution < 1.29 is 9.59 Å². The smallest absolute Gasteiger partial charge is 0.319 e. The third-order valence-corrected chi connectivity index (χ3v) is 5.09. The van der Waals surface area contributed by atoms with Crippen LogP contribution in [-0.4, -0.2) is 43.0 Å². The lowest BCUT2D eigenvalue weighted by molar-refractivity contribution is -0.123. The van der Waals surface area contributed by atoms with Crippen molar-refractivity contribution >= 4 is 17.6 Å². The van der Waals surface area contributed by atoms with Gasteiger partial charge in [0.25, 0.3) is 0 Å². The number of benzene rings is 2. The summed E-state index contributed by atoms with van der Waals surface area (Å²) in [6.45, 7) is 4.91. The van der Waals surface area contributed by atoms with Crippen LogP contribution in [0.3, 0.4) is 0 Å². The molecule has 2 aromatic carbocycles. The Morgan fingerprint density at radius 2 is 1.89 bits per heavy atom. The quantitative estimate of drug-likeness (QED) is 0.720. The highest BCUT2D eigenvalue weighted by Crippen LogP contribution is 2.23. The molecule has 28 heavy (non-hydrogen) atoms. The van der Waals surface area contributed by atoms with Gasteiger partial charge in [0.1, 0.15) is 0 Å². The SMILES string of the molecule is Cc1cccc(-c2cccc(NC(=O)NCCN3CCCC(C(N)=O)C3)c2)c1. The Labute approximate surface area is 166 Å². The molecule has 0 radical (unpaired) electrons. The molecule has 3 rings (SSSR count). The monoisotopic (exact) mass is 380 g/mol. The van der Waals surface area contributed by atoms with Crippen molar-refractivity contribution in [2.24, 2.45) is 11.7 Å². The summed E-state index contributed by atoms with van der Waals surface area (Å²) in [4.78, 5) is 25.7. The number of nitrogens with two attached hydrogens (primary N) is 1. The number of carbonyl (C=O) groups excluding carboxylic acids is 2. The molecule has 1 atom stereocenters. The molecular weight excluding hydrogens is 352 g/mol. The zero-order valence-electron chi connectivity index (χ0n) is 16.3. The Morgan fingerprint density at radius 3 is 2.64 bits per heavy atom. The second-order valence-electron chi connectivity index (χ2n) is 7.37. The van der Waals surface area contributed by atoms with Crippen LogP contribution in [0, 0.1) is 12.8 Å². The van der Waals surface area contributed by atoms with Crippen LogP contribution in [-0.2, 0) is 4.79 Å². The van der Waals surface area contributed by atoms with Gasteiger partial charge < -0.3 is 21.3 Å². The lowest BCUT2D eigenvalue weighted by Gasteiger charge is -2.31. The van der Waals surface area contributed by atoms with Crippen molar-refractivity contribution in [3.63, 3.8) is 0 Å². The Hall–Kier alpha value is -2.86. The van der Waals surface area contributed by atoms with Crippen molar-refractivity contribution in [1.29, 1.82) is 0 Å². The molecular formula is C22H28N4O2. The molecule has 6 nitrogen and oxygen atoms in total. The number of amides is 3. The number of aryl methyl sites for hydroxylation is 1. The highest BCUT2D eigenvalue weighted by molar-refractivity contribution is 5.90. The van der Waals surface area contributed by atoms with Crippen LogP contribution in [0.2, 0.25) is 0 Å². The number of nitrogens with one attached hydrogen (secondary N) is 2. The number of carbonyl (C=O) groups is 2. The lowest BCUT2D eigenvalue weighted by atomic mass is 9.97. The van der Waals surface area contributed by atoms with Crippen LogP contribution in [0.5, 0.6) is 0 Å². The zero-order valence-corrected chi connectivity index (χ0v) is 16.3. The van der Waals surface area contributed by atoms with E-state index in [2.05, 4.69) is 40.7 Å². The van der Waals surface area contributed by atoms with Gasteiger partial charge in [0.15, 0.2) is 0 Å². The van der Waals surface area contributed by atoms with Crippen LogP contribution >= 0.6 is 0 Å². The summed E-state index contributed by atoms with van der Waals surface area (Å²) >= 11 is 0. The summed E-state index contributed by atoms with van der Waals surface area (Å²) in [7, 11) is 0. The minimum atomic E-state index is -0.233. The molecule has 3 amide bonds. The van der Waals surface area contributed by atoms with Gasteiger partial charge >= 0.3 is 6.03 Å². The molecule has 0 bridgehead atoms. The number of hydrogen-bond acceptors (Lipinski definition) is 3. The predicted molar refractivity (Wildman–Crippen MR) is 112 cm³/mol. The van der Waals surface area contributed by atoms with Crippen molar-refractivity contribution in [2.45, 2.75) is 19.8 Å². The largest absolute Gasteiger partial charge is 0.369 e. The number of urea groups is 1. The Morgan fingerprint density at radius 1 is 1.14 bits per heavy atom. The normalized spacial score (nSPS) is 17.1. The maximum Gasteiger partial charge on any atom is 0.319 e. The Kier molecular flexibility index (Phi) is 6.66. The number of rotatable bonds is 6. The number of piperidine rings is 1. The summed E-state index contributed by atoms with van der Waals surface area (Å²) in [5.41, 5.74) is 9.55. The molecule has 6 heteroatoms. The summed E-state index contributed by atoms with van der Waals surface area (Å²) in [5, 5.41) is 5.77. The van der Waals surface area contributed by atoms with Gasteiger partial charge in [-0.1, -0.05) is 42.0 Å². The van der Waals surface area contributed by atoms with Gasteiger partial charge in [-0.3, -0.25) is 4.79 Å². The van der Waals surface area contributed by atoms with Crippen molar-refractivity contribution in [1.82, 2.24) is 10.2 Å². The van der Waals surface area contributed by atoms with Gasteiger partial charge in [-0.05, 0) is 49.6 Å². The van der Waals surface area contributed by atoms with Gasteiger partial charge in [-0.15, -0.1) is 0 Å². The molecule has 148 valence electrons. The molecule has 1 saturated heterocycles. The lowest BCUT2D eigenvalue weighted by Crippen LogP contribution is -2.44. The topological polar surface area (TPSA) is 87.5 Å². The first kappa shape index (κ1) is 19.9. The van der Waals surface area contributed by atoms with Crippen molar-refractivity contribution in [3.8, 4) is 11.1 Å². The van der Waals surface area contributed by atoms with Gasteiger partial charge in [0.2, 0.25) is 5.91 Å². The van der Waals surface area contributed by atoms with E-state index in [0.29, 0.717) is 19.6 Å². The molecule has 1 aliphatic rings. The third-order valence-electron chi connectivity index (χ3n) is 5.09. The standard InChI is InChI=1S/C22H28N4O2/c1-16-5-2-6-17(13-16)18-7-3-9-20(14-18)25-22(28)24-10-12-26-11-4-8-19(15-26)21(23)27/h2-3,5-7,9,13-14,19H,4,8,10-12,15H2,1H3,(H2,23,27)(H2,24,25,28). The van der Waals surface area contributed by atoms with Crippen LogP contribution in [0.1, 0.15) is 18.4 Å². The summed E-state index contributed by atoms with van der Waals surface area (Å²) < 4.78 is 0. The molecule has 1 fully saturated rings. The van der Waals surface area contributed by atoms with Gasteiger partial charge in [0, 0.05) is 25.3 Å². The van der Waals surface area contributed by atoms with E-state index in [1.165, 1.54) is 5.56 Å². The first-order valence-corrected chi connectivity index (χ1v) is 9.75. The van der Waals surface area contributed by atoms with E-state index in [1.54, 1.807) is 0 Å². The first-order valence-electron chi connectivity index (χ1n) is 9.75. The minimum absolute atomic E-state index is 0.0769. The highest BCUT2D eigenvalue weighted by Gasteiger charge is 2.23. The predicted octanol–water partition coefficient (Wildman–Crippen LogP) is 2.98. The van der Waals surface area contributed by atoms with Gasteiger partial charge in [-0.2, -0.15) is 0 Å². The molecule has 2 aromatic rings. The fourth-order valence-electron chi connectivity index (χ4n) is 3.59. The van der Waals surface area contributed by atoms with Crippen LogP contribution in [0.4, 0.5) is 10.5 Å². The molecule has 1 aliphatic heterocycles. The van der Waals surface area contributed by atoms with E-state index < -0.39 is 0 Å². The molecule has 4 N–H and O–H groups in total.